The molecule has 100 valence electrons. The predicted octanol–water partition coefficient (Wildman–Crippen LogP) is 4.97. The third kappa shape index (κ3) is 3.81. The van der Waals surface area contributed by atoms with Crippen molar-refractivity contribution in [1.82, 2.24) is 0 Å². The lowest BCUT2D eigenvalue weighted by Crippen LogP contribution is -2.04. The van der Waals surface area contributed by atoms with Crippen molar-refractivity contribution in [2.75, 3.05) is 12.4 Å². The van der Waals surface area contributed by atoms with Gasteiger partial charge in [0.2, 0.25) is 0 Å². The van der Waals surface area contributed by atoms with Crippen LogP contribution in [0.3, 0.4) is 0 Å². The summed E-state index contributed by atoms with van der Waals surface area (Å²) in [6.45, 7) is 1.36. The maximum absolute atomic E-state index is 5.25. The van der Waals surface area contributed by atoms with Crippen molar-refractivity contribution in [3.63, 3.8) is 0 Å². The second-order valence-electron chi connectivity index (χ2n) is 4.14. The molecule has 0 aromatic heterocycles. The first-order chi connectivity index (χ1) is 9.22. The molecule has 0 spiro atoms. The van der Waals surface area contributed by atoms with E-state index in [1.165, 1.54) is 5.56 Å². The third-order valence-electron chi connectivity index (χ3n) is 2.83. The van der Waals surface area contributed by atoms with Crippen molar-refractivity contribution in [3.8, 4) is 0 Å². The van der Waals surface area contributed by atoms with E-state index in [1.807, 2.05) is 30.3 Å². The first kappa shape index (κ1) is 14.6. The molecule has 0 aliphatic rings. The van der Waals surface area contributed by atoms with Gasteiger partial charge in [0.1, 0.15) is 0 Å². The molecular weight excluding hydrogens is 370 g/mol. The highest BCUT2D eigenvalue weighted by Gasteiger charge is 2.06. The Bertz CT molecular complexity index is 558. The number of rotatable bonds is 5. The van der Waals surface area contributed by atoms with Gasteiger partial charge >= 0.3 is 0 Å². The predicted molar refractivity (Wildman–Crippen MR) is 86.3 cm³/mol. The van der Waals surface area contributed by atoms with Gasteiger partial charge in [0.15, 0.2) is 0 Å². The molecule has 2 rings (SSSR count). The van der Waals surface area contributed by atoms with Gasteiger partial charge in [0.05, 0.1) is 6.61 Å². The van der Waals surface area contributed by atoms with Crippen LogP contribution in [-0.4, -0.2) is 7.11 Å². The summed E-state index contributed by atoms with van der Waals surface area (Å²) in [7, 11) is 1.71. The van der Waals surface area contributed by atoms with Gasteiger partial charge in [0, 0.05) is 33.9 Å². The fourth-order valence-electron chi connectivity index (χ4n) is 1.85. The Morgan fingerprint density at radius 3 is 2.47 bits per heavy atom. The SMILES string of the molecule is COCc1c(Br)cccc1NCc1ccccc1Br. The number of halogens is 2. The van der Waals surface area contributed by atoms with Crippen LogP contribution in [0.4, 0.5) is 5.69 Å². The molecule has 0 saturated heterocycles. The number of methoxy groups -OCH3 is 1. The number of anilines is 1. The second-order valence-corrected chi connectivity index (χ2v) is 5.85. The molecule has 0 heterocycles. The van der Waals surface area contributed by atoms with Gasteiger partial charge in [-0.3, -0.25) is 0 Å². The zero-order chi connectivity index (χ0) is 13.7. The van der Waals surface area contributed by atoms with Crippen LogP contribution in [-0.2, 0) is 17.9 Å². The van der Waals surface area contributed by atoms with Gasteiger partial charge < -0.3 is 10.1 Å². The molecule has 0 radical (unpaired) electrons. The van der Waals surface area contributed by atoms with Crippen molar-refractivity contribution >= 4 is 37.5 Å². The van der Waals surface area contributed by atoms with Crippen LogP contribution in [0.25, 0.3) is 0 Å². The van der Waals surface area contributed by atoms with Crippen LogP contribution in [0.15, 0.2) is 51.4 Å². The minimum atomic E-state index is 0.583. The summed E-state index contributed by atoms with van der Waals surface area (Å²) in [5.41, 5.74) is 3.45. The molecular formula is C15H15Br2NO. The first-order valence-corrected chi connectivity index (χ1v) is 7.54. The lowest BCUT2D eigenvalue weighted by molar-refractivity contribution is 0.185. The Balaban J connectivity index is 2.16. The molecule has 2 nitrogen and oxygen atoms in total. The normalized spacial score (nSPS) is 10.5. The Kier molecular flexibility index (Phi) is 5.43. The summed E-state index contributed by atoms with van der Waals surface area (Å²) in [6, 6.07) is 14.3. The maximum atomic E-state index is 5.25. The lowest BCUT2D eigenvalue weighted by Gasteiger charge is -2.14. The molecule has 4 heteroatoms. The Labute approximate surface area is 130 Å². The average molecular weight is 385 g/mol. The molecule has 2 aromatic rings. The quantitative estimate of drug-likeness (QED) is 0.785. The van der Waals surface area contributed by atoms with E-state index >= 15 is 0 Å². The number of hydrogen-bond acceptors (Lipinski definition) is 2. The molecule has 0 unspecified atom stereocenters. The number of ether oxygens (including phenoxy) is 1. The highest BCUT2D eigenvalue weighted by atomic mass is 79.9. The van der Waals surface area contributed by atoms with Gasteiger partial charge in [-0.05, 0) is 23.8 Å². The monoisotopic (exact) mass is 383 g/mol. The minimum absolute atomic E-state index is 0.583. The highest BCUT2D eigenvalue weighted by Crippen LogP contribution is 2.26. The molecule has 0 bridgehead atoms. The van der Waals surface area contributed by atoms with Crippen LogP contribution in [0.2, 0.25) is 0 Å². The molecule has 0 aliphatic carbocycles. The molecule has 0 atom stereocenters. The van der Waals surface area contributed by atoms with Crippen LogP contribution in [0.5, 0.6) is 0 Å². The third-order valence-corrected chi connectivity index (χ3v) is 4.35. The summed E-state index contributed by atoms with van der Waals surface area (Å²) in [4.78, 5) is 0. The van der Waals surface area contributed by atoms with Crippen LogP contribution < -0.4 is 5.32 Å². The van der Waals surface area contributed by atoms with Gasteiger partial charge in [-0.15, -0.1) is 0 Å². The summed E-state index contributed by atoms with van der Waals surface area (Å²) in [5.74, 6) is 0. The van der Waals surface area contributed by atoms with Crippen molar-refractivity contribution < 1.29 is 4.74 Å². The van der Waals surface area contributed by atoms with Crippen molar-refractivity contribution in [2.24, 2.45) is 0 Å². The molecule has 1 N–H and O–H groups in total. The zero-order valence-corrected chi connectivity index (χ0v) is 13.8. The highest BCUT2D eigenvalue weighted by molar-refractivity contribution is 9.10. The van der Waals surface area contributed by atoms with E-state index in [0.29, 0.717) is 6.61 Å². The molecule has 0 amide bonds. The van der Waals surface area contributed by atoms with Gasteiger partial charge in [-0.25, -0.2) is 0 Å². The number of nitrogens with one attached hydrogen (secondary N) is 1. The smallest absolute Gasteiger partial charge is 0.0744 e. The molecule has 2 aromatic carbocycles. The standard InChI is InChI=1S/C15H15Br2NO/c1-19-10-12-14(17)7-4-8-15(12)18-9-11-5-2-3-6-13(11)16/h2-8,18H,9-10H2,1H3. The van der Waals surface area contributed by atoms with Crippen molar-refractivity contribution in [1.29, 1.82) is 0 Å². The number of hydrogen-bond donors (Lipinski definition) is 1. The maximum Gasteiger partial charge on any atom is 0.0744 e. The zero-order valence-electron chi connectivity index (χ0n) is 10.6. The fourth-order valence-corrected chi connectivity index (χ4v) is 2.75. The van der Waals surface area contributed by atoms with Crippen molar-refractivity contribution in [3.05, 3.63) is 62.5 Å². The van der Waals surface area contributed by atoms with Crippen LogP contribution in [0.1, 0.15) is 11.1 Å². The molecule has 0 saturated carbocycles. The van der Waals surface area contributed by atoms with E-state index < -0.39 is 0 Å². The molecule has 0 aliphatic heterocycles. The Hall–Kier alpha value is -0.840. The summed E-state index contributed by atoms with van der Waals surface area (Å²) in [5, 5.41) is 3.46. The Morgan fingerprint density at radius 1 is 1.00 bits per heavy atom. The fraction of sp³-hybridized carbons (Fsp3) is 0.200. The second kappa shape index (κ2) is 7.08. The van der Waals surface area contributed by atoms with Gasteiger partial charge in [-0.1, -0.05) is 56.1 Å². The van der Waals surface area contributed by atoms with Gasteiger partial charge in [0.25, 0.3) is 0 Å². The first-order valence-electron chi connectivity index (χ1n) is 5.96. The summed E-state index contributed by atoms with van der Waals surface area (Å²) >= 11 is 7.12. The van der Waals surface area contributed by atoms with Crippen LogP contribution in [0, 0.1) is 0 Å². The van der Waals surface area contributed by atoms with E-state index in [9.17, 15) is 0 Å². The van der Waals surface area contributed by atoms with Gasteiger partial charge in [-0.2, -0.15) is 0 Å². The topological polar surface area (TPSA) is 21.3 Å². The molecule has 19 heavy (non-hydrogen) atoms. The summed E-state index contributed by atoms with van der Waals surface area (Å²) in [6.07, 6.45) is 0. The average Bonchev–Trinajstić information content (AvgIpc) is 2.41. The van der Waals surface area contributed by atoms with Crippen molar-refractivity contribution in [2.45, 2.75) is 13.2 Å². The molecule has 0 fully saturated rings. The summed E-state index contributed by atoms with van der Waals surface area (Å²) < 4.78 is 7.42. The Morgan fingerprint density at radius 2 is 1.74 bits per heavy atom. The number of benzene rings is 2. The van der Waals surface area contributed by atoms with E-state index in [4.69, 9.17) is 4.74 Å². The van der Waals surface area contributed by atoms with E-state index in [1.54, 1.807) is 7.11 Å². The van der Waals surface area contributed by atoms with E-state index in [0.717, 1.165) is 26.7 Å². The van der Waals surface area contributed by atoms with E-state index in [2.05, 4.69) is 49.3 Å². The largest absolute Gasteiger partial charge is 0.381 e. The van der Waals surface area contributed by atoms with Crippen LogP contribution >= 0.6 is 31.9 Å². The van der Waals surface area contributed by atoms with E-state index in [-0.39, 0.29) is 0 Å². The minimum Gasteiger partial charge on any atom is -0.381 e. The lowest BCUT2D eigenvalue weighted by atomic mass is 10.1.